The molecule has 0 unspecified atom stereocenters. The maximum Gasteiger partial charge on any atom is 0.0940 e. The second kappa shape index (κ2) is 3.06. The van der Waals surface area contributed by atoms with Crippen LogP contribution in [-0.4, -0.2) is 11.2 Å². The second-order valence-electron chi connectivity index (χ2n) is 4.04. The summed E-state index contributed by atoms with van der Waals surface area (Å²) in [5, 5.41) is 9.55. The maximum absolute atomic E-state index is 9.55. The number of hydrogen-bond donors (Lipinski definition) is 1. The van der Waals surface area contributed by atoms with Crippen molar-refractivity contribution in [3.63, 3.8) is 0 Å². The molecule has 1 atom stereocenters. The van der Waals surface area contributed by atoms with Gasteiger partial charge in [-0.3, -0.25) is 0 Å². The van der Waals surface area contributed by atoms with E-state index in [0.29, 0.717) is 0 Å². The van der Waals surface area contributed by atoms with Gasteiger partial charge in [-0.1, -0.05) is 45.4 Å². The van der Waals surface area contributed by atoms with Crippen LogP contribution < -0.4 is 0 Å². The Labute approximate surface area is 74.8 Å². The average molecular weight is 166 g/mol. The van der Waals surface area contributed by atoms with Crippen LogP contribution in [0.4, 0.5) is 0 Å². The van der Waals surface area contributed by atoms with Crippen molar-refractivity contribution in [3.8, 4) is 0 Å². The Bertz CT molecular complexity index is 223. The van der Waals surface area contributed by atoms with Gasteiger partial charge in [0.05, 0.1) is 6.10 Å². The number of aliphatic hydroxyl groups is 1. The molecule has 1 nitrogen and oxygen atoms in total. The molecule has 1 heteroatoms. The molecule has 1 aliphatic rings. The van der Waals surface area contributed by atoms with Crippen molar-refractivity contribution in [2.75, 3.05) is 0 Å². The molecule has 1 N–H and O–H groups in total. The highest BCUT2D eigenvalue weighted by Crippen LogP contribution is 2.43. The first kappa shape index (κ1) is 9.53. The minimum Gasteiger partial charge on any atom is -0.385 e. The third-order valence-electron chi connectivity index (χ3n) is 2.84. The van der Waals surface area contributed by atoms with Crippen LogP contribution in [0.1, 0.15) is 33.6 Å². The lowest BCUT2D eigenvalue weighted by Crippen LogP contribution is -2.16. The largest absolute Gasteiger partial charge is 0.385 e. The van der Waals surface area contributed by atoms with Crippen molar-refractivity contribution >= 4 is 0 Å². The van der Waals surface area contributed by atoms with Crippen LogP contribution in [0, 0.1) is 5.41 Å². The standard InChI is InChI=1S/C11H18O/c1-5-6-9-7-10(12)8(2)11(9,3)4/h7,10,12H,2,5-6H2,1,3-4H3/t10-/m0/s1. The third-order valence-corrected chi connectivity index (χ3v) is 2.84. The van der Waals surface area contributed by atoms with E-state index in [-0.39, 0.29) is 5.41 Å². The summed E-state index contributed by atoms with van der Waals surface area (Å²) < 4.78 is 0. The van der Waals surface area contributed by atoms with Gasteiger partial charge in [0, 0.05) is 5.41 Å². The highest BCUT2D eigenvalue weighted by atomic mass is 16.3. The fourth-order valence-electron chi connectivity index (χ4n) is 1.74. The molecule has 12 heavy (non-hydrogen) atoms. The van der Waals surface area contributed by atoms with E-state index in [9.17, 15) is 5.11 Å². The molecule has 0 radical (unpaired) electrons. The van der Waals surface area contributed by atoms with E-state index in [0.717, 1.165) is 18.4 Å². The van der Waals surface area contributed by atoms with Gasteiger partial charge in [-0.15, -0.1) is 0 Å². The molecule has 0 saturated carbocycles. The summed E-state index contributed by atoms with van der Waals surface area (Å²) in [5.41, 5.74) is 2.28. The van der Waals surface area contributed by atoms with Crippen LogP contribution in [-0.2, 0) is 0 Å². The summed E-state index contributed by atoms with van der Waals surface area (Å²) in [5.74, 6) is 0. The number of allylic oxidation sites excluding steroid dienone is 1. The van der Waals surface area contributed by atoms with Gasteiger partial charge in [0.1, 0.15) is 0 Å². The Kier molecular flexibility index (Phi) is 2.43. The number of aliphatic hydroxyl groups excluding tert-OH is 1. The Morgan fingerprint density at radius 3 is 2.50 bits per heavy atom. The van der Waals surface area contributed by atoms with Crippen LogP contribution in [0.5, 0.6) is 0 Å². The second-order valence-corrected chi connectivity index (χ2v) is 4.04. The molecule has 0 spiro atoms. The topological polar surface area (TPSA) is 20.2 Å². The Morgan fingerprint density at radius 1 is 1.58 bits per heavy atom. The lowest BCUT2D eigenvalue weighted by atomic mass is 9.80. The predicted molar refractivity (Wildman–Crippen MR) is 51.9 cm³/mol. The third kappa shape index (κ3) is 1.34. The average Bonchev–Trinajstić information content (AvgIpc) is 2.17. The summed E-state index contributed by atoms with van der Waals surface area (Å²) in [7, 11) is 0. The Hall–Kier alpha value is -0.560. The van der Waals surface area contributed by atoms with Crippen molar-refractivity contribution in [3.05, 3.63) is 23.8 Å². The van der Waals surface area contributed by atoms with Crippen molar-refractivity contribution in [2.24, 2.45) is 5.41 Å². The van der Waals surface area contributed by atoms with Crippen LogP contribution in [0.15, 0.2) is 23.8 Å². The van der Waals surface area contributed by atoms with E-state index in [2.05, 4.69) is 27.4 Å². The van der Waals surface area contributed by atoms with Gasteiger partial charge >= 0.3 is 0 Å². The lowest BCUT2D eigenvalue weighted by molar-refractivity contribution is 0.250. The molecule has 0 amide bonds. The van der Waals surface area contributed by atoms with Crippen molar-refractivity contribution in [1.29, 1.82) is 0 Å². The molecule has 0 fully saturated rings. The summed E-state index contributed by atoms with van der Waals surface area (Å²) >= 11 is 0. The minimum atomic E-state index is -0.415. The first-order valence-electron chi connectivity index (χ1n) is 4.58. The molecule has 0 saturated heterocycles. The fourth-order valence-corrected chi connectivity index (χ4v) is 1.74. The normalized spacial score (nSPS) is 27.5. The minimum absolute atomic E-state index is 0.00935. The zero-order valence-electron chi connectivity index (χ0n) is 8.22. The van der Waals surface area contributed by atoms with Crippen LogP contribution in [0.2, 0.25) is 0 Å². The van der Waals surface area contributed by atoms with E-state index in [4.69, 9.17) is 0 Å². The number of rotatable bonds is 2. The van der Waals surface area contributed by atoms with E-state index >= 15 is 0 Å². The highest BCUT2D eigenvalue weighted by molar-refractivity contribution is 5.38. The van der Waals surface area contributed by atoms with E-state index < -0.39 is 6.10 Å². The molecule has 0 heterocycles. The Morgan fingerprint density at radius 2 is 2.17 bits per heavy atom. The van der Waals surface area contributed by atoms with Gasteiger partial charge in [-0.05, 0) is 12.0 Å². The highest BCUT2D eigenvalue weighted by Gasteiger charge is 2.35. The van der Waals surface area contributed by atoms with Gasteiger partial charge in [0.25, 0.3) is 0 Å². The van der Waals surface area contributed by atoms with Crippen molar-refractivity contribution in [2.45, 2.75) is 39.7 Å². The smallest absolute Gasteiger partial charge is 0.0940 e. The summed E-state index contributed by atoms with van der Waals surface area (Å²) in [6.07, 6.45) is 3.74. The lowest BCUT2D eigenvalue weighted by Gasteiger charge is -2.24. The number of hydrogen-bond acceptors (Lipinski definition) is 1. The van der Waals surface area contributed by atoms with Gasteiger partial charge in [-0.25, -0.2) is 0 Å². The molecule has 1 aliphatic carbocycles. The van der Waals surface area contributed by atoms with E-state index in [1.165, 1.54) is 5.57 Å². The van der Waals surface area contributed by atoms with E-state index in [1.807, 2.05) is 6.08 Å². The molecule has 0 aliphatic heterocycles. The zero-order chi connectivity index (χ0) is 9.35. The van der Waals surface area contributed by atoms with Crippen molar-refractivity contribution in [1.82, 2.24) is 0 Å². The molecule has 68 valence electrons. The van der Waals surface area contributed by atoms with Gasteiger partial charge in [0.15, 0.2) is 0 Å². The molecular weight excluding hydrogens is 148 g/mol. The Balaban J connectivity index is 2.87. The predicted octanol–water partition coefficient (Wildman–Crippen LogP) is 2.67. The molecule has 0 aromatic carbocycles. The molecular formula is C11H18O. The van der Waals surface area contributed by atoms with Crippen LogP contribution in [0.3, 0.4) is 0 Å². The molecule has 0 aromatic heterocycles. The summed E-state index contributed by atoms with van der Waals surface area (Å²) in [6, 6.07) is 0. The van der Waals surface area contributed by atoms with Gasteiger partial charge in [0.2, 0.25) is 0 Å². The monoisotopic (exact) mass is 166 g/mol. The zero-order valence-corrected chi connectivity index (χ0v) is 8.22. The van der Waals surface area contributed by atoms with Crippen LogP contribution >= 0.6 is 0 Å². The first-order chi connectivity index (χ1) is 5.50. The summed E-state index contributed by atoms with van der Waals surface area (Å²) in [4.78, 5) is 0. The first-order valence-corrected chi connectivity index (χ1v) is 4.58. The molecule has 1 rings (SSSR count). The van der Waals surface area contributed by atoms with Crippen LogP contribution in [0.25, 0.3) is 0 Å². The van der Waals surface area contributed by atoms with Gasteiger partial charge in [-0.2, -0.15) is 0 Å². The van der Waals surface area contributed by atoms with Crippen molar-refractivity contribution < 1.29 is 5.11 Å². The SMILES string of the molecule is C=C1[C@@H](O)C=C(CCC)C1(C)C. The van der Waals surface area contributed by atoms with Gasteiger partial charge < -0.3 is 5.11 Å². The quantitative estimate of drug-likeness (QED) is 0.625. The fraction of sp³-hybridized carbons (Fsp3) is 0.636. The molecule has 0 aromatic rings. The van der Waals surface area contributed by atoms with E-state index in [1.54, 1.807) is 0 Å². The summed E-state index contributed by atoms with van der Waals surface area (Å²) in [6.45, 7) is 10.3. The molecule has 0 bridgehead atoms. The maximum atomic E-state index is 9.55.